The first-order valence-electron chi connectivity index (χ1n) is 5.02. The third-order valence-corrected chi connectivity index (χ3v) is 2.70. The van der Waals surface area contributed by atoms with E-state index in [-0.39, 0.29) is 5.41 Å². The van der Waals surface area contributed by atoms with E-state index in [2.05, 4.69) is 30.3 Å². The second-order valence-electron chi connectivity index (χ2n) is 4.35. The molecule has 0 aromatic rings. The van der Waals surface area contributed by atoms with Crippen molar-refractivity contribution in [2.45, 2.75) is 33.1 Å². The van der Waals surface area contributed by atoms with Crippen LogP contribution in [0.1, 0.15) is 33.1 Å². The summed E-state index contributed by atoms with van der Waals surface area (Å²) in [7, 11) is 0. The van der Waals surface area contributed by atoms with Crippen LogP contribution in [0.5, 0.6) is 0 Å². The van der Waals surface area contributed by atoms with Crippen LogP contribution in [0.4, 0.5) is 0 Å². The predicted molar refractivity (Wildman–Crippen MR) is 59.5 cm³/mol. The Balaban J connectivity index is 2.57. The fourth-order valence-electron chi connectivity index (χ4n) is 1.72. The smallest absolute Gasteiger partial charge is 0.203 e. The van der Waals surface area contributed by atoms with Gasteiger partial charge in [-0.05, 0) is 19.3 Å². The molecule has 0 saturated heterocycles. The lowest BCUT2D eigenvalue weighted by molar-refractivity contribution is 0.449. The minimum atomic E-state index is 0.109. The molecule has 0 saturated carbocycles. The molecule has 0 fully saturated rings. The summed E-state index contributed by atoms with van der Waals surface area (Å²) in [5.74, 6) is 5.44. The van der Waals surface area contributed by atoms with Gasteiger partial charge in [0.05, 0.1) is 6.54 Å². The van der Waals surface area contributed by atoms with Crippen LogP contribution >= 0.6 is 0 Å². The van der Waals surface area contributed by atoms with Gasteiger partial charge >= 0.3 is 0 Å². The van der Waals surface area contributed by atoms with Crippen LogP contribution in [0.2, 0.25) is 0 Å². The number of guanidine groups is 1. The largest absolute Gasteiger partial charge is 0.369 e. The van der Waals surface area contributed by atoms with Crippen molar-refractivity contribution in [2.75, 3.05) is 6.54 Å². The molecule has 80 valence electrons. The Morgan fingerprint density at radius 2 is 2.36 bits per heavy atom. The molecule has 1 aliphatic carbocycles. The highest BCUT2D eigenvalue weighted by molar-refractivity contribution is 5.77. The molecule has 0 aromatic carbocycles. The first-order valence-corrected chi connectivity index (χ1v) is 5.02. The van der Waals surface area contributed by atoms with E-state index in [0.717, 1.165) is 0 Å². The Morgan fingerprint density at radius 1 is 1.64 bits per heavy atom. The number of rotatable bonds is 3. The molecule has 14 heavy (non-hydrogen) atoms. The van der Waals surface area contributed by atoms with E-state index in [1.807, 2.05) is 0 Å². The van der Waals surface area contributed by atoms with Gasteiger partial charge in [-0.15, -0.1) is 0 Å². The average molecular weight is 196 g/mol. The maximum absolute atomic E-state index is 5.47. The summed E-state index contributed by atoms with van der Waals surface area (Å²) in [5, 5.41) is 0. The molecule has 4 heteroatoms. The van der Waals surface area contributed by atoms with E-state index < -0.39 is 0 Å². The van der Waals surface area contributed by atoms with Gasteiger partial charge in [-0.1, -0.05) is 25.5 Å². The molecular formula is C10H20N4. The predicted octanol–water partition coefficient (Wildman–Crippen LogP) is 0.901. The van der Waals surface area contributed by atoms with Crippen molar-refractivity contribution in [1.82, 2.24) is 5.43 Å². The van der Waals surface area contributed by atoms with Gasteiger partial charge < -0.3 is 5.73 Å². The topological polar surface area (TPSA) is 76.4 Å². The molecule has 0 heterocycles. The van der Waals surface area contributed by atoms with Crippen LogP contribution in [0.3, 0.4) is 0 Å². The molecule has 1 aliphatic rings. The van der Waals surface area contributed by atoms with Crippen molar-refractivity contribution in [3.63, 3.8) is 0 Å². The molecule has 5 N–H and O–H groups in total. The molecule has 4 nitrogen and oxygen atoms in total. The molecule has 0 bridgehead atoms. The molecule has 0 aliphatic heterocycles. The van der Waals surface area contributed by atoms with Gasteiger partial charge in [0.25, 0.3) is 0 Å². The SMILES string of the molecule is CC(C)(CN=C(N)NN)C1=CCCC1. The van der Waals surface area contributed by atoms with Crippen LogP contribution in [0.15, 0.2) is 16.6 Å². The van der Waals surface area contributed by atoms with Gasteiger partial charge in [0.2, 0.25) is 5.96 Å². The standard InChI is InChI=1S/C10H20N4/c1-10(2,7-13-9(11)14-12)8-5-3-4-6-8/h5H,3-4,6-7,12H2,1-2H3,(H3,11,13,14). The highest BCUT2D eigenvalue weighted by Crippen LogP contribution is 2.34. The van der Waals surface area contributed by atoms with E-state index in [0.29, 0.717) is 12.5 Å². The zero-order valence-corrected chi connectivity index (χ0v) is 9.01. The van der Waals surface area contributed by atoms with Gasteiger partial charge in [0, 0.05) is 5.41 Å². The third-order valence-electron chi connectivity index (χ3n) is 2.70. The molecule has 1 rings (SSSR count). The summed E-state index contributed by atoms with van der Waals surface area (Å²) in [6.07, 6.45) is 5.99. The Morgan fingerprint density at radius 3 is 2.86 bits per heavy atom. The van der Waals surface area contributed by atoms with Crippen molar-refractivity contribution >= 4 is 5.96 Å². The van der Waals surface area contributed by atoms with Crippen LogP contribution in [-0.2, 0) is 0 Å². The summed E-state index contributed by atoms with van der Waals surface area (Å²) >= 11 is 0. The number of hydrazine groups is 1. The number of aliphatic imine (C=N–C) groups is 1. The van der Waals surface area contributed by atoms with E-state index in [1.165, 1.54) is 24.8 Å². The number of allylic oxidation sites excluding steroid dienone is 1. The lowest BCUT2D eigenvalue weighted by Crippen LogP contribution is -2.38. The average Bonchev–Trinajstić information content (AvgIpc) is 2.67. The molecule has 0 aromatic heterocycles. The number of hydrogen-bond donors (Lipinski definition) is 3. The molecule has 0 unspecified atom stereocenters. The monoisotopic (exact) mass is 196 g/mol. The van der Waals surface area contributed by atoms with Crippen molar-refractivity contribution in [3.05, 3.63) is 11.6 Å². The normalized spacial score (nSPS) is 18.2. The fourth-order valence-corrected chi connectivity index (χ4v) is 1.72. The van der Waals surface area contributed by atoms with Crippen molar-refractivity contribution < 1.29 is 0 Å². The number of nitrogens with one attached hydrogen (secondary N) is 1. The Bertz CT molecular complexity index is 253. The van der Waals surface area contributed by atoms with Crippen LogP contribution in [0, 0.1) is 5.41 Å². The number of hydrogen-bond acceptors (Lipinski definition) is 2. The quantitative estimate of drug-likeness (QED) is 0.206. The number of nitrogens with zero attached hydrogens (tertiary/aromatic N) is 1. The summed E-state index contributed by atoms with van der Waals surface area (Å²) in [5.41, 5.74) is 9.41. The van der Waals surface area contributed by atoms with Crippen molar-refractivity contribution in [3.8, 4) is 0 Å². The lowest BCUT2D eigenvalue weighted by atomic mass is 9.84. The maximum atomic E-state index is 5.47. The zero-order chi connectivity index (χ0) is 10.6. The molecule has 0 spiro atoms. The first-order chi connectivity index (χ1) is 6.56. The summed E-state index contributed by atoms with van der Waals surface area (Å²) < 4.78 is 0. The van der Waals surface area contributed by atoms with Gasteiger partial charge in [-0.2, -0.15) is 0 Å². The minimum absolute atomic E-state index is 0.109. The second-order valence-corrected chi connectivity index (χ2v) is 4.35. The minimum Gasteiger partial charge on any atom is -0.369 e. The summed E-state index contributed by atoms with van der Waals surface area (Å²) in [6, 6.07) is 0. The van der Waals surface area contributed by atoms with Crippen molar-refractivity contribution in [2.24, 2.45) is 22.0 Å². The van der Waals surface area contributed by atoms with Gasteiger partial charge in [0.15, 0.2) is 0 Å². The molecular weight excluding hydrogens is 176 g/mol. The Kier molecular flexibility index (Phi) is 3.52. The second kappa shape index (κ2) is 4.46. The van der Waals surface area contributed by atoms with Gasteiger partial charge in [0.1, 0.15) is 0 Å². The van der Waals surface area contributed by atoms with E-state index in [4.69, 9.17) is 11.6 Å². The van der Waals surface area contributed by atoms with Crippen LogP contribution in [-0.4, -0.2) is 12.5 Å². The number of nitrogens with two attached hydrogens (primary N) is 2. The Labute approximate surface area is 85.4 Å². The van der Waals surface area contributed by atoms with Crippen molar-refractivity contribution in [1.29, 1.82) is 0 Å². The molecule has 0 atom stereocenters. The molecule has 0 amide bonds. The van der Waals surface area contributed by atoms with Crippen LogP contribution < -0.4 is 17.0 Å². The lowest BCUT2D eigenvalue weighted by Gasteiger charge is -2.24. The first kappa shape index (κ1) is 11.0. The van der Waals surface area contributed by atoms with E-state index >= 15 is 0 Å². The Hall–Kier alpha value is -1.03. The maximum Gasteiger partial charge on any atom is 0.203 e. The third kappa shape index (κ3) is 2.73. The highest BCUT2D eigenvalue weighted by atomic mass is 15.3. The fraction of sp³-hybridized carbons (Fsp3) is 0.700. The van der Waals surface area contributed by atoms with E-state index in [9.17, 15) is 0 Å². The van der Waals surface area contributed by atoms with Gasteiger partial charge in [-0.3, -0.25) is 10.4 Å². The van der Waals surface area contributed by atoms with Gasteiger partial charge in [-0.25, -0.2) is 5.84 Å². The highest BCUT2D eigenvalue weighted by Gasteiger charge is 2.24. The molecule has 0 radical (unpaired) electrons. The summed E-state index contributed by atoms with van der Waals surface area (Å²) in [4.78, 5) is 4.18. The zero-order valence-electron chi connectivity index (χ0n) is 9.01. The summed E-state index contributed by atoms with van der Waals surface area (Å²) in [6.45, 7) is 5.07. The van der Waals surface area contributed by atoms with E-state index in [1.54, 1.807) is 0 Å². The van der Waals surface area contributed by atoms with Crippen LogP contribution in [0.25, 0.3) is 0 Å².